The van der Waals surface area contributed by atoms with Gasteiger partial charge in [-0.25, -0.2) is 0 Å². The predicted octanol–water partition coefficient (Wildman–Crippen LogP) is 13.3. The Balaban J connectivity index is 1.25. The smallest absolute Gasteiger partial charge is 0.0547 e. The van der Waals surface area contributed by atoms with Gasteiger partial charge in [0.15, 0.2) is 0 Å². The van der Waals surface area contributed by atoms with Gasteiger partial charge >= 0.3 is 0 Å². The van der Waals surface area contributed by atoms with Crippen molar-refractivity contribution in [3.05, 3.63) is 206 Å². The minimum atomic E-state index is 1.11. The van der Waals surface area contributed by atoms with Crippen molar-refractivity contribution in [3.8, 4) is 39.1 Å². The quantitative estimate of drug-likeness (QED) is 0.169. The zero-order chi connectivity index (χ0) is 33.3. The van der Waals surface area contributed by atoms with Crippen LogP contribution in [0.2, 0.25) is 0 Å². The fourth-order valence-corrected chi connectivity index (χ4v) is 7.39. The maximum Gasteiger partial charge on any atom is 0.0547 e. The van der Waals surface area contributed by atoms with E-state index in [2.05, 4.69) is 216 Å². The predicted molar refractivity (Wildman–Crippen MR) is 212 cm³/mol. The maximum atomic E-state index is 2.39. The number of rotatable bonds is 7. The molecule has 0 aliphatic rings. The van der Waals surface area contributed by atoms with Crippen molar-refractivity contribution in [1.82, 2.24) is 4.57 Å². The van der Waals surface area contributed by atoms with Crippen molar-refractivity contribution >= 4 is 38.9 Å². The van der Waals surface area contributed by atoms with Gasteiger partial charge < -0.3 is 9.47 Å². The van der Waals surface area contributed by atoms with Crippen molar-refractivity contribution in [3.63, 3.8) is 0 Å². The zero-order valence-corrected chi connectivity index (χ0v) is 27.5. The molecule has 9 aromatic rings. The Morgan fingerprint density at radius 1 is 0.320 bits per heavy atom. The number of fused-ring (bicyclic) bond motifs is 3. The molecule has 1 heterocycles. The summed E-state index contributed by atoms with van der Waals surface area (Å²) in [5.74, 6) is 0. The van der Waals surface area contributed by atoms with Crippen molar-refractivity contribution in [2.24, 2.45) is 0 Å². The Morgan fingerprint density at radius 2 is 0.820 bits per heavy atom. The van der Waals surface area contributed by atoms with Gasteiger partial charge in [-0.1, -0.05) is 152 Å². The molecular weight excluding hydrogens is 605 g/mol. The molecule has 236 valence electrons. The molecule has 2 heteroatoms. The van der Waals surface area contributed by atoms with Crippen LogP contribution in [0, 0.1) is 0 Å². The zero-order valence-electron chi connectivity index (χ0n) is 27.5. The Morgan fingerprint density at radius 3 is 1.56 bits per heavy atom. The van der Waals surface area contributed by atoms with Crippen molar-refractivity contribution in [1.29, 1.82) is 0 Å². The molecule has 0 unspecified atom stereocenters. The van der Waals surface area contributed by atoms with Gasteiger partial charge in [0.05, 0.1) is 16.7 Å². The third kappa shape index (κ3) is 5.15. The number of para-hydroxylation sites is 4. The number of aromatic nitrogens is 1. The average Bonchev–Trinajstić information content (AvgIpc) is 3.54. The van der Waals surface area contributed by atoms with E-state index in [1.54, 1.807) is 0 Å². The van der Waals surface area contributed by atoms with Crippen LogP contribution in [0.5, 0.6) is 0 Å². The monoisotopic (exact) mass is 638 g/mol. The lowest BCUT2D eigenvalue weighted by atomic mass is 9.90. The highest BCUT2D eigenvalue weighted by Crippen LogP contribution is 2.46. The fraction of sp³-hybridized carbons (Fsp3) is 0. The molecule has 9 rings (SSSR count). The molecule has 0 saturated heterocycles. The van der Waals surface area contributed by atoms with Gasteiger partial charge in [0.2, 0.25) is 0 Å². The Labute approximate surface area is 292 Å². The van der Waals surface area contributed by atoms with Gasteiger partial charge in [-0.2, -0.15) is 0 Å². The number of hydrogen-bond donors (Lipinski definition) is 0. The van der Waals surface area contributed by atoms with Gasteiger partial charge in [-0.05, 0) is 82.4 Å². The number of nitrogens with zero attached hydrogens (tertiary/aromatic N) is 2. The molecule has 0 amide bonds. The van der Waals surface area contributed by atoms with Gasteiger partial charge in [-0.3, -0.25) is 0 Å². The minimum absolute atomic E-state index is 1.11. The van der Waals surface area contributed by atoms with E-state index in [9.17, 15) is 0 Å². The molecule has 0 N–H and O–H groups in total. The Kier molecular flexibility index (Phi) is 7.53. The summed E-state index contributed by atoms with van der Waals surface area (Å²) in [6, 6.07) is 74.0. The molecule has 0 aliphatic heterocycles. The first-order chi connectivity index (χ1) is 24.8. The van der Waals surface area contributed by atoms with E-state index in [4.69, 9.17) is 0 Å². The van der Waals surface area contributed by atoms with E-state index in [1.807, 2.05) is 0 Å². The average molecular weight is 639 g/mol. The lowest BCUT2D eigenvalue weighted by Gasteiger charge is -2.28. The van der Waals surface area contributed by atoms with Crippen LogP contribution < -0.4 is 4.90 Å². The van der Waals surface area contributed by atoms with Crippen LogP contribution >= 0.6 is 0 Å². The first-order valence-corrected chi connectivity index (χ1v) is 17.1. The highest BCUT2D eigenvalue weighted by molar-refractivity contribution is 6.17. The first-order valence-electron chi connectivity index (χ1n) is 17.1. The van der Waals surface area contributed by atoms with Gasteiger partial charge in [0.25, 0.3) is 0 Å². The molecular formula is C48H34N2. The summed E-state index contributed by atoms with van der Waals surface area (Å²) in [6.45, 7) is 0. The fourth-order valence-electron chi connectivity index (χ4n) is 7.39. The van der Waals surface area contributed by atoms with Gasteiger partial charge in [0, 0.05) is 33.4 Å². The molecule has 2 nitrogen and oxygen atoms in total. The lowest BCUT2D eigenvalue weighted by Crippen LogP contribution is -2.11. The molecule has 0 radical (unpaired) electrons. The van der Waals surface area contributed by atoms with Gasteiger partial charge in [0.1, 0.15) is 0 Å². The first kappa shape index (κ1) is 29.5. The lowest BCUT2D eigenvalue weighted by molar-refractivity contribution is 1.18. The second-order valence-corrected chi connectivity index (χ2v) is 12.5. The number of benzene rings is 8. The molecule has 1 aromatic heterocycles. The minimum Gasteiger partial charge on any atom is -0.310 e. The van der Waals surface area contributed by atoms with Crippen LogP contribution in [0.4, 0.5) is 17.1 Å². The van der Waals surface area contributed by atoms with E-state index in [0.29, 0.717) is 0 Å². The molecule has 0 aliphatic carbocycles. The Hall–Kier alpha value is -6.64. The third-order valence-electron chi connectivity index (χ3n) is 9.61. The standard InChI is InChI=1S/C48H34N2/c1-4-17-35(18-5-1)36-31-33-39(34-32-36)49(37-19-6-2-7-20-37)45-28-14-12-25-42(45)40-23-10-11-24-41(40)43-27-16-30-47-48(43)44-26-13-15-29-46(44)50(47)38-21-8-3-9-22-38/h1-34H. The molecule has 0 bridgehead atoms. The summed E-state index contributed by atoms with van der Waals surface area (Å²) >= 11 is 0. The van der Waals surface area contributed by atoms with E-state index >= 15 is 0 Å². The maximum absolute atomic E-state index is 2.39. The molecule has 0 atom stereocenters. The highest BCUT2D eigenvalue weighted by Gasteiger charge is 2.21. The van der Waals surface area contributed by atoms with E-state index < -0.39 is 0 Å². The van der Waals surface area contributed by atoms with Crippen molar-refractivity contribution < 1.29 is 0 Å². The van der Waals surface area contributed by atoms with Crippen LogP contribution in [-0.2, 0) is 0 Å². The molecule has 0 saturated carbocycles. The summed E-state index contributed by atoms with van der Waals surface area (Å²) in [6.07, 6.45) is 0. The number of hydrogen-bond acceptors (Lipinski definition) is 1. The Bertz CT molecular complexity index is 2570. The molecule has 0 spiro atoms. The van der Waals surface area contributed by atoms with Crippen LogP contribution in [0.25, 0.3) is 60.9 Å². The molecule has 50 heavy (non-hydrogen) atoms. The number of anilines is 3. The molecule has 8 aromatic carbocycles. The van der Waals surface area contributed by atoms with Crippen molar-refractivity contribution in [2.75, 3.05) is 4.90 Å². The van der Waals surface area contributed by atoms with Crippen LogP contribution in [0.3, 0.4) is 0 Å². The van der Waals surface area contributed by atoms with Crippen molar-refractivity contribution in [2.45, 2.75) is 0 Å². The summed E-state index contributed by atoms with van der Waals surface area (Å²) in [5.41, 5.74) is 14.1. The van der Waals surface area contributed by atoms with Crippen LogP contribution in [0.1, 0.15) is 0 Å². The van der Waals surface area contributed by atoms with E-state index in [1.165, 1.54) is 55.2 Å². The highest BCUT2D eigenvalue weighted by atomic mass is 15.1. The SMILES string of the molecule is c1ccc(-c2ccc(N(c3ccccc3)c3ccccc3-c3ccccc3-c3cccc4c3c3ccccc3n4-c3ccccc3)cc2)cc1. The summed E-state index contributed by atoms with van der Waals surface area (Å²) in [5, 5.41) is 2.50. The van der Waals surface area contributed by atoms with Crippen LogP contribution in [0.15, 0.2) is 206 Å². The summed E-state index contributed by atoms with van der Waals surface area (Å²) < 4.78 is 2.39. The molecule has 0 fully saturated rings. The topological polar surface area (TPSA) is 8.17 Å². The largest absolute Gasteiger partial charge is 0.310 e. The summed E-state index contributed by atoms with van der Waals surface area (Å²) in [4.78, 5) is 2.38. The normalized spacial score (nSPS) is 11.2. The summed E-state index contributed by atoms with van der Waals surface area (Å²) in [7, 11) is 0. The van der Waals surface area contributed by atoms with Crippen LogP contribution in [-0.4, -0.2) is 4.57 Å². The second-order valence-electron chi connectivity index (χ2n) is 12.5. The van der Waals surface area contributed by atoms with E-state index in [0.717, 1.165) is 22.7 Å². The van der Waals surface area contributed by atoms with E-state index in [-0.39, 0.29) is 0 Å². The third-order valence-corrected chi connectivity index (χ3v) is 9.61. The van der Waals surface area contributed by atoms with Gasteiger partial charge in [-0.15, -0.1) is 0 Å². The second kappa shape index (κ2) is 12.8.